The summed E-state index contributed by atoms with van der Waals surface area (Å²) < 4.78 is 27.0. The van der Waals surface area contributed by atoms with Crippen LogP contribution in [0.2, 0.25) is 0 Å². The largest absolute Gasteiger partial charge is 0.398 e. The number of nitrogens with one attached hydrogen (secondary N) is 1. The maximum absolute atomic E-state index is 12.3. The summed E-state index contributed by atoms with van der Waals surface area (Å²) in [5, 5.41) is 2.20. The second-order valence-electron chi connectivity index (χ2n) is 5.43. The van der Waals surface area contributed by atoms with Gasteiger partial charge in [-0.1, -0.05) is 32.9 Å². The van der Waals surface area contributed by atoms with Gasteiger partial charge in [0.25, 0.3) is 10.0 Å². The molecule has 0 amide bonds. The Hall–Kier alpha value is -1.60. The van der Waals surface area contributed by atoms with Crippen molar-refractivity contribution in [3.05, 3.63) is 35.3 Å². The first kappa shape index (κ1) is 14.8. The van der Waals surface area contributed by atoms with E-state index in [0.29, 0.717) is 5.13 Å². The van der Waals surface area contributed by atoms with Gasteiger partial charge in [0.15, 0.2) is 5.13 Å². The summed E-state index contributed by atoms with van der Waals surface area (Å²) in [4.78, 5) is 4.37. The van der Waals surface area contributed by atoms with Gasteiger partial charge in [-0.3, -0.25) is 4.72 Å². The van der Waals surface area contributed by atoms with E-state index in [0.717, 1.165) is 5.69 Å². The van der Waals surface area contributed by atoms with Gasteiger partial charge in [-0.05, 0) is 12.1 Å². The fraction of sp³-hybridized carbons (Fsp3) is 0.308. The van der Waals surface area contributed by atoms with Crippen molar-refractivity contribution < 1.29 is 8.42 Å². The van der Waals surface area contributed by atoms with Crippen LogP contribution in [0.25, 0.3) is 0 Å². The fourth-order valence-electron chi connectivity index (χ4n) is 1.56. The van der Waals surface area contributed by atoms with Gasteiger partial charge >= 0.3 is 0 Å². The van der Waals surface area contributed by atoms with Crippen LogP contribution < -0.4 is 10.5 Å². The Balaban J connectivity index is 2.30. The Morgan fingerprint density at radius 1 is 1.25 bits per heavy atom. The van der Waals surface area contributed by atoms with Crippen LogP contribution in [0, 0.1) is 0 Å². The Kier molecular flexibility index (Phi) is 3.75. The summed E-state index contributed by atoms with van der Waals surface area (Å²) in [6.45, 7) is 6.07. The first-order valence-electron chi connectivity index (χ1n) is 6.03. The molecular formula is C13H17N3O2S2. The van der Waals surface area contributed by atoms with E-state index >= 15 is 0 Å². The van der Waals surface area contributed by atoms with E-state index in [-0.39, 0.29) is 16.0 Å². The highest BCUT2D eigenvalue weighted by atomic mass is 32.2. The molecule has 0 atom stereocenters. The summed E-state index contributed by atoms with van der Waals surface area (Å²) in [5.74, 6) is 0. The first-order chi connectivity index (χ1) is 9.20. The van der Waals surface area contributed by atoms with Crippen molar-refractivity contribution in [3.8, 4) is 0 Å². The van der Waals surface area contributed by atoms with E-state index < -0.39 is 10.0 Å². The minimum Gasteiger partial charge on any atom is -0.398 e. The Morgan fingerprint density at radius 3 is 2.45 bits per heavy atom. The molecule has 7 heteroatoms. The zero-order chi connectivity index (χ0) is 15.0. The fourth-order valence-corrected chi connectivity index (χ4v) is 3.88. The van der Waals surface area contributed by atoms with Crippen molar-refractivity contribution in [1.82, 2.24) is 4.98 Å². The number of nitrogen functional groups attached to an aromatic ring is 1. The summed E-state index contributed by atoms with van der Waals surface area (Å²) in [5.41, 5.74) is 6.64. The third kappa shape index (κ3) is 3.10. The lowest BCUT2D eigenvalue weighted by molar-refractivity contribution is 0.573. The van der Waals surface area contributed by atoms with E-state index in [2.05, 4.69) is 9.71 Å². The third-order valence-electron chi connectivity index (χ3n) is 2.70. The predicted molar refractivity (Wildman–Crippen MR) is 82.5 cm³/mol. The van der Waals surface area contributed by atoms with Crippen LogP contribution in [-0.4, -0.2) is 13.4 Å². The van der Waals surface area contributed by atoms with Gasteiger partial charge < -0.3 is 5.73 Å². The molecule has 0 bridgehead atoms. The highest BCUT2D eigenvalue weighted by Gasteiger charge is 2.21. The molecule has 0 aliphatic carbocycles. The van der Waals surface area contributed by atoms with Crippen LogP contribution in [0.4, 0.5) is 10.8 Å². The normalized spacial score (nSPS) is 12.3. The van der Waals surface area contributed by atoms with E-state index in [4.69, 9.17) is 5.73 Å². The van der Waals surface area contributed by atoms with Crippen LogP contribution in [0.5, 0.6) is 0 Å². The third-order valence-corrected chi connectivity index (χ3v) is 5.00. The molecular weight excluding hydrogens is 294 g/mol. The van der Waals surface area contributed by atoms with Crippen LogP contribution in [0.3, 0.4) is 0 Å². The number of nitrogens with two attached hydrogens (primary N) is 1. The van der Waals surface area contributed by atoms with Crippen molar-refractivity contribution >= 4 is 32.2 Å². The smallest absolute Gasteiger partial charge is 0.265 e. The second kappa shape index (κ2) is 5.06. The van der Waals surface area contributed by atoms with E-state index in [1.807, 2.05) is 26.2 Å². The molecule has 5 nitrogen and oxygen atoms in total. The average Bonchev–Trinajstić information content (AvgIpc) is 2.76. The number of para-hydroxylation sites is 1. The Morgan fingerprint density at radius 2 is 1.90 bits per heavy atom. The SMILES string of the molecule is CC(C)(C)c1csc(NS(=O)(=O)c2ccccc2N)n1. The van der Waals surface area contributed by atoms with Crippen molar-refractivity contribution in [2.24, 2.45) is 0 Å². The Labute approximate surface area is 122 Å². The van der Waals surface area contributed by atoms with Crippen LogP contribution in [0.15, 0.2) is 34.5 Å². The van der Waals surface area contributed by atoms with E-state index in [9.17, 15) is 8.42 Å². The van der Waals surface area contributed by atoms with Crippen LogP contribution in [-0.2, 0) is 15.4 Å². The van der Waals surface area contributed by atoms with Crippen LogP contribution >= 0.6 is 11.3 Å². The molecule has 0 aliphatic heterocycles. The number of aromatic nitrogens is 1. The molecule has 0 saturated heterocycles. The molecule has 1 heterocycles. The number of anilines is 2. The highest BCUT2D eigenvalue weighted by Crippen LogP contribution is 2.28. The second-order valence-corrected chi connectivity index (χ2v) is 7.94. The zero-order valence-electron chi connectivity index (χ0n) is 11.5. The molecule has 0 radical (unpaired) electrons. The maximum Gasteiger partial charge on any atom is 0.265 e. The molecule has 0 spiro atoms. The summed E-state index contributed by atoms with van der Waals surface area (Å²) in [6, 6.07) is 6.34. The summed E-state index contributed by atoms with van der Waals surface area (Å²) in [6.07, 6.45) is 0. The standard InChI is InChI=1S/C13H17N3O2S2/c1-13(2,3)11-8-19-12(15-11)16-20(17,18)10-7-5-4-6-9(10)14/h4-8H,14H2,1-3H3,(H,15,16). The molecule has 1 aromatic carbocycles. The molecule has 20 heavy (non-hydrogen) atoms. The minimum atomic E-state index is -3.70. The molecule has 0 aliphatic rings. The van der Waals surface area contributed by atoms with E-state index in [1.165, 1.54) is 17.4 Å². The number of rotatable bonds is 3. The molecule has 2 rings (SSSR count). The van der Waals surface area contributed by atoms with Gasteiger partial charge in [0.2, 0.25) is 0 Å². The molecule has 2 aromatic rings. The van der Waals surface area contributed by atoms with Gasteiger partial charge in [0.1, 0.15) is 4.90 Å². The summed E-state index contributed by atoms with van der Waals surface area (Å²) >= 11 is 1.26. The van der Waals surface area contributed by atoms with Crippen LogP contribution in [0.1, 0.15) is 26.5 Å². The lowest BCUT2D eigenvalue weighted by Crippen LogP contribution is -2.16. The monoisotopic (exact) mass is 311 g/mol. The molecule has 108 valence electrons. The van der Waals surface area contributed by atoms with Crippen molar-refractivity contribution in [2.45, 2.75) is 31.1 Å². The first-order valence-corrected chi connectivity index (χ1v) is 8.40. The number of nitrogens with zero attached hydrogens (tertiary/aromatic N) is 1. The number of hydrogen-bond acceptors (Lipinski definition) is 5. The van der Waals surface area contributed by atoms with Gasteiger partial charge in [-0.15, -0.1) is 11.3 Å². The summed E-state index contributed by atoms with van der Waals surface area (Å²) in [7, 11) is -3.70. The maximum atomic E-state index is 12.3. The number of hydrogen-bond donors (Lipinski definition) is 2. The number of benzene rings is 1. The van der Waals surface area contributed by atoms with Crippen molar-refractivity contribution in [3.63, 3.8) is 0 Å². The zero-order valence-corrected chi connectivity index (χ0v) is 13.2. The van der Waals surface area contributed by atoms with Crippen molar-refractivity contribution in [1.29, 1.82) is 0 Å². The minimum absolute atomic E-state index is 0.0625. The molecule has 3 N–H and O–H groups in total. The molecule has 0 unspecified atom stereocenters. The Bertz CT molecular complexity index is 715. The van der Waals surface area contributed by atoms with Gasteiger partial charge in [-0.25, -0.2) is 13.4 Å². The van der Waals surface area contributed by atoms with Gasteiger partial charge in [0, 0.05) is 10.8 Å². The quantitative estimate of drug-likeness (QED) is 0.854. The lowest BCUT2D eigenvalue weighted by Gasteiger charge is -2.14. The molecule has 0 saturated carbocycles. The lowest BCUT2D eigenvalue weighted by atomic mass is 9.93. The van der Waals surface area contributed by atoms with Gasteiger partial charge in [0.05, 0.1) is 11.4 Å². The molecule has 0 fully saturated rings. The highest BCUT2D eigenvalue weighted by molar-refractivity contribution is 7.93. The van der Waals surface area contributed by atoms with E-state index in [1.54, 1.807) is 18.2 Å². The average molecular weight is 311 g/mol. The van der Waals surface area contributed by atoms with Gasteiger partial charge in [-0.2, -0.15) is 0 Å². The number of thiazole rings is 1. The predicted octanol–water partition coefficient (Wildman–Crippen LogP) is 2.82. The topological polar surface area (TPSA) is 85.1 Å². The van der Waals surface area contributed by atoms with Crippen molar-refractivity contribution in [2.75, 3.05) is 10.5 Å². The molecule has 1 aromatic heterocycles. The number of sulfonamides is 1.